The highest BCUT2D eigenvalue weighted by Gasteiger charge is 2.12. The molecule has 0 aliphatic heterocycles. The van der Waals surface area contributed by atoms with E-state index in [2.05, 4.69) is 25.6 Å². The van der Waals surface area contributed by atoms with E-state index in [0.29, 0.717) is 28.0 Å². The number of nitrogens with zero attached hydrogens (tertiary/aromatic N) is 3. The molecular weight excluding hydrogens is 376 g/mol. The molecule has 0 atom stereocenters. The van der Waals surface area contributed by atoms with Crippen LogP contribution >= 0.6 is 11.3 Å². The van der Waals surface area contributed by atoms with Gasteiger partial charge in [-0.1, -0.05) is 23.5 Å². The molecule has 4 rings (SSSR count). The number of benzene rings is 2. The van der Waals surface area contributed by atoms with Crippen LogP contribution in [-0.4, -0.2) is 28.0 Å². The second kappa shape index (κ2) is 7.49. The number of thiazole rings is 1. The largest absolute Gasteiger partial charge is 0.465 e. The van der Waals surface area contributed by atoms with Crippen molar-refractivity contribution in [1.29, 1.82) is 0 Å². The van der Waals surface area contributed by atoms with Crippen molar-refractivity contribution in [2.24, 2.45) is 0 Å². The lowest BCUT2D eigenvalue weighted by atomic mass is 10.2. The van der Waals surface area contributed by atoms with Crippen LogP contribution < -0.4 is 16.4 Å². The van der Waals surface area contributed by atoms with Crippen molar-refractivity contribution in [1.82, 2.24) is 15.0 Å². The minimum atomic E-state index is -0.393. The van der Waals surface area contributed by atoms with Crippen LogP contribution in [0.1, 0.15) is 10.4 Å². The van der Waals surface area contributed by atoms with E-state index >= 15 is 0 Å². The number of ether oxygens (including phenoxy) is 1. The summed E-state index contributed by atoms with van der Waals surface area (Å²) >= 11 is 1.51. The molecule has 4 aromatic rings. The maximum absolute atomic E-state index is 11.5. The average molecular weight is 392 g/mol. The molecule has 9 heteroatoms. The van der Waals surface area contributed by atoms with Crippen molar-refractivity contribution in [2.75, 3.05) is 23.5 Å². The summed E-state index contributed by atoms with van der Waals surface area (Å²) in [6.45, 7) is 0. The molecule has 140 valence electrons. The quantitative estimate of drug-likeness (QED) is 0.438. The highest BCUT2D eigenvalue weighted by Crippen LogP contribution is 2.31. The first-order chi connectivity index (χ1) is 13.6. The lowest BCUT2D eigenvalue weighted by molar-refractivity contribution is 0.0601. The number of rotatable bonds is 5. The fourth-order valence-corrected chi connectivity index (χ4v) is 3.43. The molecule has 0 spiro atoms. The van der Waals surface area contributed by atoms with Crippen molar-refractivity contribution in [2.45, 2.75) is 0 Å². The minimum absolute atomic E-state index is 0.360. The van der Waals surface area contributed by atoms with Gasteiger partial charge in [0.2, 0.25) is 0 Å². The van der Waals surface area contributed by atoms with Gasteiger partial charge in [0, 0.05) is 5.69 Å². The molecule has 0 radical (unpaired) electrons. The van der Waals surface area contributed by atoms with Crippen molar-refractivity contribution < 1.29 is 9.53 Å². The molecule has 0 bridgehead atoms. The molecule has 0 aliphatic carbocycles. The van der Waals surface area contributed by atoms with Gasteiger partial charge in [-0.25, -0.2) is 19.7 Å². The van der Waals surface area contributed by atoms with Crippen LogP contribution in [0.4, 0.5) is 28.1 Å². The first kappa shape index (κ1) is 17.7. The molecule has 0 amide bonds. The van der Waals surface area contributed by atoms with E-state index in [4.69, 9.17) is 10.5 Å². The standard InChI is InChI=1S/C19H16N6O2S/c1-27-18(26)11-6-8-12(9-7-11)23-16-15(20)17(22-10-21-16)25-19-24-13-4-2-3-5-14(13)28-19/h2-10H,20H2,1H3,(H2,21,22,23,24,25). The molecule has 2 heterocycles. The zero-order chi connectivity index (χ0) is 19.5. The number of methoxy groups -OCH3 is 1. The molecule has 0 saturated heterocycles. The van der Waals surface area contributed by atoms with Gasteiger partial charge >= 0.3 is 5.97 Å². The van der Waals surface area contributed by atoms with Crippen molar-refractivity contribution in [3.8, 4) is 0 Å². The summed E-state index contributed by atoms with van der Waals surface area (Å²) in [6.07, 6.45) is 1.41. The third kappa shape index (κ3) is 3.55. The maximum atomic E-state index is 11.5. The van der Waals surface area contributed by atoms with E-state index in [0.717, 1.165) is 15.9 Å². The van der Waals surface area contributed by atoms with Crippen molar-refractivity contribution in [3.05, 3.63) is 60.4 Å². The summed E-state index contributed by atoms with van der Waals surface area (Å²) in [7, 11) is 1.34. The Balaban J connectivity index is 1.55. The van der Waals surface area contributed by atoms with Gasteiger partial charge in [0.25, 0.3) is 0 Å². The van der Waals surface area contributed by atoms with Gasteiger partial charge in [-0.3, -0.25) is 0 Å². The Kier molecular flexibility index (Phi) is 4.73. The minimum Gasteiger partial charge on any atom is -0.465 e. The molecule has 28 heavy (non-hydrogen) atoms. The van der Waals surface area contributed by atoms with Crippen molar-refractivity contribution >= 4 is 55.7 Å². The molecule has 0 saturated carbocycles. The Labute approximate surface area is 164 Å². The van der Waals surface area contributed by atoms with Crippen LogP contribution in [0.15, 0.2) is 54.9 Å². The van der Waals surface area contributed by atoms with Gasteiger partial charge in [0.1, 0.15) is 12.0 Å². The van der Waals surface area contributed by atoms with Crippen LogP contribution in [0.5, 0.6) is 0 Å². The van der Waals surface area contributed by atoms with Crippen LogP contribution in [-0.2, 0) is 4.74 Å². The number of nitrogens with two attached hydrogens (primary N) is 1. The molecule has 2 aromatic heterocycles. The van der Waals surface area contributed by atoms with Gasteiger partial charge < -0.3 is 21.1 Å². The first-order valence-corrected chi connectivity index (χ1v) is 9.14. The molecule has 0 aliphatic rings. The Morgan fingerprint density at radius 1 is 1.04 bits per heavy atom. The third-order valence-electron chi connectivity index (χ3n) is 3.97. The second-order valence-electron chi connectivity index (χ2n) is 5.79. The van der Waals surface area contributed by atoms with E-state index in [9.17, 15) is 4.79 Å². The summed E-state index contributed by atoms with van der Waals surface area (Å²) in [6, 6.07) is 14.7. The zero-order valence-corrected chi connectivity index (χ0v) is 15.7. The van der Waals surface area contributed by atoms with Crippen LogP contribution in [0.3, 0.4) is 0 Å². The summed E-state index contributed by atoms with van der Waals surface area (Å²) in [5.41, 5.74) is 8.68. The number of nitrogen functional groups attached to an aromatic ring is 1. The van der Waals surface area contributed by atoms with Crippen LogP contribution in [0.25, 0.3) is 10.2 Å². The number of nitrogens with one attached hydrogen (secondary N) is 2. The Morgan fingerprint density at radius 3 is 2.46 bits per heavy atom. The Bertz CT molecular complexity index is 1110. The van der Waals surface area contributed by atoms with Gasteiger partial charge in [0.05, 0.1) is 22.9 Å². The Morgan fingerprint density at radius 2 is 1.75 bits per heavy atom. The van der Waals surface area contributed by atoms with Crippen LogP contribution in [0, 0.1) is 0 Å². The number of carbonyl (C=O) groups is 1. The van der Waals surface area contributed by atoms with E-state index in [1.807, 2.05) is 24.3 Å². The molecule has 0 unspecified atom stereocenters. The predicted octanol–water partition coefficient (Wildman–Crippen LogP) is 3.94. The summed E-state index contributed by atoms with van der Waals surface area (Å²) in [5, 5.41) is 6.97. The fraction of sp³-hybridized carbons (Fsp3) is 0.0526. The van der Waals surface area contributed by atoms with E-state index < -0.39 is 5.97 Å². The number of para-hydroxylation sites is 1. The van der Waals surface area contributed by atoms with E-state index in [-0.39, 0.29) is 0 Å². The number of aromatic nitrogens is 3. The molecular formula is C19H16N6O2S. The highest BCUT2D eigenvalue weighted by molar-refractivity contribution is 7.22. The van der Waals surface area contributed by atoms with Crippen molar-refractivity contribution in [3.63, 3.8) is 0 Å². The van der Waals surface area contributed by atoms with Gasteiger partial charge in [0.15, 0.2) is 16.8 Å². The van der Waals surface area contributed by atoms with Gasteiger partial charge in [-0.2, -0.15) is 0 Å². The normalized spacial score (nSPS) is 10.6. The third-order valence-corrected chi connectivity index (χ3v) is 4.92. The summed E-state index contributed by atoms with van der Waals surface area (Å²) < 4.78 is 5.77. The SMILES string of the molecule is COC(=O)c1ccc(Nc2ncnc(Nc3nc4ccccc4s3)c2N)cc1. The number of fused-ring (bicyclic) bond motifs is 1. The Hall–Kier alpha value is -3.72. The number of anilines is 5. The molecule has 0 fully saturated rings. The molecule has 4 N–H and O–H groups in total. The van der Waals surface area contributed by atoms with Crippen LogP contribution in [0.2, 0.25) is 0 Å². The smallest absolute Gasteiger partial charge is 0.337 e. The van der Waals surface area contributed by atoms with Gasteiger partial charge in [-0.15, -0.1) is 0 Å². The number of hydrogen-bond donors (Lipinski definition) is 3. The highest BCUT2D eigenvalue weighted by atomic mass is 32.1. The number of esters is 1. The topological polar surface area (TPSA) is 115 Å². The monoisotopic (exact) mass is 392 g/mol. The second-order valence-corrected chi connectivity index (χ2v) is 6.82. The first-order valence-electron chi connectivity index (χ1n) is 8.32. The zero-order valence-electron chi connectivity index (χ0n) is 14.8. The van der Waals surface area contributed by atoms with E-state index in [1.165, 1.54) is 24.8 Å². The van der Waals surface area contributed by atoms with Gasteiger partial charge in [-0.05, 0) is 36.4 Å². The average Bonchev–Trinajstić information content (AvgIpc) is 3.13. The predicted molar refractivity (Wildman–Crippen MR) is 110 cm³/mol. The summed E-state index contributed by atoms with van der Waals surface area (Å²) in [5.74, 6) is 0.516. The number of hydrogen-bond acceptors (Lipinski definition) is 9. The lowest BCUT2D eigenvalue weighted by Crippen LogP contribution is -2.05. The number of carbonyl (C=O) groups excluding carboxylic acids is 1. The maximum Gasteiger partial charge on any atom is 0.337 e. The molecule has 2 aromatic carbocycles. The fourth-order valence-electron chi connectivity index (χ4n) is 2.57. The lowest BCUT2D eigenvalue weighted by Gasteiger charge is -2.11. The molecule has 8 nitrogen and oxygen atoms in total. The van der Waals surface area contributed by atoms with E-state index in [1.54, 1.807) is 24.3 Å². The summed E-state index contributed by atoms with van der Waals surface area (Å²) in [4.78, 5) is 24.5.